The van der Waals surface area contributed by atoms with Crippen molar-refractivity contribution in [2.75, 3.05) is 17.7 Å². The fraction of sp³-hybridized carbons (Fsp3) is 0.190. The van der Waals surface area contributed by atoms with Crippen molar-refractivity contribution in [3.05, 3.63) is 59.6 Å². The molecule has 0 radical (unpaired) electrons. The highest BCUT2D eigenvalue weighted by Crippen LogP contribution is 2.32. The first-order valence-corrected chi connectivity index (χ1v) is 9.68. The Balaban J connectivity index is 1.55. The number of carbonyl (C=O) groups excluding carboxylic acids is 2. The van der Waals surface area contributed by atoms with E-state index in [0.717, 1.165) is 22.0 Å². The van der Waals surface area contributed by atoms with Crippen LogP contribution >= 0.6 is 11.3 Å². The summed E-state index contributed by atoms with van der Waals surface area (Å²) in [5.74, 6) is 0.565. The summed E-state index contributed by atoms with van der Waals surface area (Å²) in [7, 11) is 1.64. The van der Waals surface area contributed by atoms with Gasteiger partial charge < -0.3 is 15.4 Å². The number of aryl methyl sites for hydroxylation is 1. The Morgan fingerprint density at radius 1 is 1.04 bits per heavy atom. The van der Waals surface area contributed by atoms with Crippen LogP contribution in [0.3, 0.4) is 0 Å². The quantitative estimate of drug-likeness (QED) is 0.623. The Morgan fingerprint density at radius 3 is 2.39 bits per heavy atom. The molecule has 0 aliphatic rings. The smallest absolute Gasteiger partial charge is 0.224 e. The molecule has 0 aliphatic carbocycles. The SMILES string of the molecule is COc1ccccc1-c1nc(CCC(=O)Nc2ccc(NC(C)=O)cc2)cs1. The lowest BCUT2D eigenvalue weighted by molar-refractivity contribution is -0.116. The van der Waals surface area contributed by atoms with E-state index >= 15 is 0 Å². The summed E-state index contributed by atoms with van der Waals surface area (Å²) in [6.45, 7) is 1.45. The van der Waals surface area contributed by atoms with Gasteiger partial charge in [0.2, 0.25) is 11.8 Å². The minimum atomic E-state index is -0.132. The summed E-state index contributed by atoms with van der Waals surface area (Å²) in [4.78, 5) is 27.9. The van der Waals surface area contributed by atoms with E-state index in [9.17, 15) is 9.59 Å². The molecule has 144 valence electrons. The first kappa shape index (κ1) is 19.6. The summed E-state index contributed by atoms with van der Waals surface area (Å²) < 4.78 is 5.38. The normalized spacial score (nSPS) is 10.4. The number of benzene rings is 2. The number of anilines is 2. The predicted molar refractivity (Wildman–Crippen MR) is 112 cm³/mol. The Kier molecular flexibility index (Phi) is 6.39. The van der Waals surface area contributed by atoms with Crippen LogP contribution in [0.15, 0.2) is 53.9 Å². The third-order valence-electron chi connectivity index (χ3n) is 3.99. The van der Waals surface area contributed by atoms with Gasteiger partial charge in [-0.15, -0.1) is 11.3 Å². The number of aromatic nitrogens is 1. The molecule has 3 rings (SSSR count). The monoisotopic (exact) mass is 395 g/mol. The molecule has 0 atom stereocenters. The van der Waals surface area contributed by atoms with Gasteiger partial charge in [0.1, 0.15) is 10.8 Å². The molecule has 28 heavy (non-hydrogen) atoms. The Hall–Kier alpha value is -3.19. The van der Waals surface area contributed by atoms with Crippen molar-refractivity contribution in [3.8, 4) is 16.3 Å². The van der Waals surface area contributed by atoms with Gasteiger partial charge in [0.25, 0.3) is 0 Å². The van der Waals surface area contributed by atoms with Crippen LogP contribution in [0, 0.1) is 0 Å². The minimum absolute atomic E-state index is 0.0841. The third kappa shape index (κ3) is 5.17. The van der Waals surface area contributed by atoms with Crippen molar-refractivity contribution in [1.82, 2.24) is 4.98 Å². The van der Waals surface area contributed by atoms with Crippen LogP contribution < -0.4 is 15.4 Å². The average Bonchev–Trinajstić information content (AvgIpc) is 3.16. The molecule has 1 heterocycles. The topological polar surface area (TPSA) is 80.3 Å². The molecule has 0 aliphatic heterocycles. The molecule has 0 fully saturated rings. The third-order valence-corrected chi connectivity index (χ3v) is 4.91. The second-order valence-electron chi connectivity index (χ2n) is 6.15. The van der Waals surface area contributed by atoms with Crippen LogP contribution in [-0.4, -0.2) is 23.9 Å². The molecule has 2 N–H and O–H groups in total. The molecule has 0 spiro atoms. The van der Waals surface area contributed by atoms with Crippen LogP contribution in [0.2, 0.25) is 0 Å². The number of carbonyl (C=O) groups is 2. The molecule has 2 aromatic carbocycles. The van der Waals surface area contributed by atoms with Gasteiger partial charge in [0.05, 0.1) is 18.4 Å². The maximum Gasteiger partial charge on any atom is 0.224 e. The zero-order valence-electron chi connectivity index (χ0n) is 15.7. The van der Waals surface area contributed by atoms with Crippen molar-refractivity contribution < 1.29 is 14.3 Å². The summed E-state index contributed by atoms with van der Waals surface area (Å²) in [5, 5.41) is 8.39. The van der Waals surface area contributed by atoms with E-state index in [2.05, 4.69) is 15.6 Å². The molecule has 2 amide bonds. The summed E-state index contributed by atoms with van der Waals surface area (Å²) in [6, 6.07) is 14.7. The van der Waals surface area contributed by atoms with E-state index in [1.807, 2.05) is 29.6 Å². The molecule has 0 saturated carbocycles. The number of rotatable bonds is 7. The highest BCUT2D eigenvalue weighted by Gasteiger charge is 2.11. The molecule has 3 aromatic rings. The maximum atomic E-state index is 12.2. The van der Waals surface area contributed by atoms with Crippen molar-refractivity contribution in [2.24, 2.45) is 0 Å². The predicted octanol–water partition coefficient (Wildman–Crippen LogP) is 4.35. The van der Waals surface area contributed by atoms with E-state index in [1.54, 1.807) is 31.4 Å². The van der Waals surface area contributed by atoms with Crippen LogP contribution in [-0.2, 0) is 16.0 Å². The maximum absolute atomic E-state index is 12.2. The number of hydrogen-bond donors (Lipinski definition) is 2. The van der Waals surface area contributed by atoms with Crippen LogP contribution in [0.4, 0.5) is 11.4 Å². The van der Waals surface area contributed by atoms with Gasteiger partial charge in [0, 0.05) is 30.1 Å². The van der Waals surface area contributed by atoms with Gasteiger partial charge in [-0.2, -0.15) is 0 Å². The minimum Gasteiger partial charge on any atom is -0.496 e. The first-order chi connectivity index (χ1) is 13.5. The van der Waals surface area contributed by atoms with E-state index in [4.69, 9.17) is 4.74 Å². The standard InChI is InChI=1S/C21H21N3O3S/c1-14(25)22-15-7-9-16(10-8-15)23-20(26)12-11-17-13-28-21(24-17)18-5-3-4-6-19(18)27-2/h3-10,13H,11-12H2,1-2H3,(H,22,25)(H,23,26). The number of nitrogens with one attached hydrogen (secondary N) is 2. The second kappa shape index (κ2) is 9.14. The van der Waals surface area contributed by atoms with Gasteiger partial charge >= 0.3 is 0 Å². The van der Waals surface area contributed by atoms with E-state index in [1.165, 1.54) is 18.3 Å². The van der Waals surface area contributed by atoms with E-state index < -0.39 is 0 Å². The Bertz CT molecular complexity index is 967. The largest absolute Gasteiger partial charge is 0.496 e. The zero-order chi connectivity index (χ0) is 19.9. The van der Waals surface area contributed by atoms with E-state index in [0.29, 0.717) is 24.2 Å². The van der Waals surface area contributed by atoms with Crippen molar-refractivity contribution in [3.63, 3.8) is 0 Å². The van der Waals surface area contributed by atoms with Crippen LogP contribution in [0.25, 0.3) is 10.6 Å². The average molecular weight is 395 g/mol. The number of amides is 2. The molecular weight excluding hydrogens is 374 g/mol. The fourth-order valence-corrected chi connectivity index (χ4v) is 3.56. The van der Waals surface area contributed by atoms with Gasteiger partial charge in [-0.1, -0.05) is 12.1 Å². The van der Waals surface area contributed by atoms with Crippen molar-refractivity contribution in [1.29, 1.82) is 0 Å². The summed E-state index contributed by atoms with van der Waals surface area (Å²) >= 11 is 1.54. The molecule has 0 saturated heterocycles. The fourth-order valence-electron chi connectivity index (χ4n) is 2.67. The van der Waals surface area contributed by atoms with Crippen molar-refractivity contribution >= 4 is 34.5 Å². The number of para-hydroxylation sites is 1. The number of methoxy groups -OCH3 is 1. The van der Waals surface area contributed by atoms with Crippen molar-refractivity contribution in [2.45, 2.75) is 19.8 Å². The van der Waals surface area contributed by atoms with Gasteiger partial charge in [-0.25, -0.2) is 4.98 Å². The molecular formula is C21H21N3O3S. The lowest BCUT2D eigenvalue weighted by Crippen LogP contribution is -2.12. The van der Waals surface area contributed by atoms with Gasteiger partial charge in [-0.05, 0) is 42.8 Å². The highest BCUT2D eigenvalue weighted by atomic mass is 32.1. The highest BCUT2D eigenvalue weighted by molar-refractivity contribution is 7.13. The molecule has 7 heteroatoms. The Labute approximate surface area is 167 Å². The summed E-state index contributed by atoms with van der Waals surface area (Å²) in [6.07, 6.45) is 0.893. The lowest BCUT2D eigenvalue weighted by Gasteiger charge is -2.06. The molecule has 0 bridgehead atoms. The van der Waals surface area contributed by atoms with E-state index in [-0.39, 0.29) is 11.8 Å². The number of ether oxygens (including phenoxy) is 1. The zero-order valence-corrected chi connectivity index (χ0v) is 16.5. The molecule has 0 unspecified atom stereocenters. The lowest BCUT2D eigenvalue weighted by atomic mass is 10.2. The van der Waals surface area contributed by atoms with Gasteiger partial charge in [0.15, 0.2) is 0 Å². The van der Waals surface area contributed by atoms with Crippen LogP contribution in [0.5, 0.6) is 5.75 Å². The second-order valence-corrected chi connectivity index (χ2v) is 7.01. The molecule has 1 aromatic heterocycles. The number of nitrogens with zero attached hydrogens (tertiary/aromatic N) is 1. The van der Waals surface area contributed by atoms with Crippen LogP contribution in [0.1, 0.15) is 19.0 Å². The summed E-state index contributed by atoms with van der Waals surface area (Å²) in [5.41, 5.74) is 3.20. The Morgan fingerprint density at radius 2 is 1.71 bits per heavy atom. The number of hydrogen-bond acceptors (Lipinski definition) is 5. The molecule has 6 nitrogen and oxygen atoms in total. The van der Waals surface area contributed by atoms with Gasteiger partial charge in [-0.3, -0.25) is 9.59 Å². The first-order valence-electron chi connectivity index (χ1n) is 8.80. The number of thiazole rings is 1.